The van der Waals surface area contributed by atoms with Gasteiger partial charge in [0.15, 0.2) is 11.4 Å². The highest BCUT2D eigenvalue weighted by Crippen LogP contribution is 2.44. The number of anilines is 1. The van der Waals surface area contributed by atoms with Crippen LogP contribution in [0.4, 0.5) is 18.9 Å². The van der Waals surface area contributed by atoms with Crippen molar-refractivity contribution in [2.24, 2.45) is 10.7 Å². The monoisotopic (exact) mass is 461 g/mol. The number of hydrogen-bond donors (Lipinski definition) is 2. The molecular formula is C21H18F3N5O2S. The molecule has 0 fully saturated rings. The number of hydrogen-bond acceptors (Lipinski definition) is 7. The number of aromatic nitrogens is 2. The van der Waals surface area contributed by atoms with Crippen LogP contribution < -0.4 is 11.1 Å². The highest BCUT2D eigenvalue weighted by Gasteiger charge is 2.54. The molecule has 1 aromatic carbocycles. The van der Waals surface area contributed by atoms with Crippen molar-refractivity contribution in [1.82, 2.24) is 9.97 Å². The van der Waals surface area contributed by atoms with Gasteiger partial charge in [0.1, 0.15) is 29.8 Å². The summed E-state index contributed by atoms with van der Waals surface area (Å²) in [6.07, 6.45) is 3.13. The Kier molecular flexibility index (Phi) is 5.70. The van der Waals surface area contributed by atoms with Crippen LogP contribution in [0.5, 0.6) is 0 Å². The molecule has 4 rings (SSSR count). The third-order valence-corrected chi connectivity index (χ3v) is 5.88. The van der Waals surface area contributed by atoms with Crippen molar-refractivity contribution in [3.05, 3.63) is 65.2 Å². The summed E-state index contributed by atoms with van der Waals surface area (Å²) in [5, 5.41) is 4.94. The number of halogens is 3. The van der Waals surface area contributed by atoms with Gasteiger partial charge in [-0.1, -0.05) is 12.1 Å². The molecule has 3 heterocycles. The molecule has 1 amide bonds. The minimum absolute atomic E-state index is 0.0248. The summed E-state index contributed by atoms with van der Waals surface area (Å²) < 4.78 is 49.8. The van der Waals surface area contributed by atoms with Crippen molar-refractivity contribution in [3.63, 3.8) is 0 Å². The van der Waals surface area contributed by atoms with Gasteiger partial charge >= 0.3 is 0 Å². The molecule has 0 saturated heterocycles. The Morgan fingerprint density at radius 1 is 1.25 bits per heavy atom. The minimum atomic E-state index is -3.54. The van der Waals surface area contributed by atoms with Crippen molar-refractivity contribution in [2.45, 2.75) is 18.4 Å². The molecule has 1 aliphatic rings. The van der Waals surface area contributed by atoms with Crippen LogP contribution in [0.3, 0.4) is 0 Å². The summed E-state index contributed by atoms with van der Waals surface area (Å²) in [4.78, 5) is 24.7. The molecule has 2 aromatic heterocycles. The van der Waals surface area contributed by atoms with Gasteiger partial charge in [0.05, 0.1) is 5.69 Å². The highest BCUT2D eigenvalue weighted by molar-refractivity contribution is 7.13. The Balaban J connectivity index is 1.63. The lowest BCUT2D eigenvalue weighted by Gasteiger charge is -2.33. The zero-order chi connectivity index (χ0) is 22.9. The van der Waals surface area contributed by atoms with Crippen LogP contribution in [0.25, 0.3) is 10.6 Å². The van der Waals surface area contributed by atoms with Crippen molar-refractivity contribution >= 4 is 28.8 Å². The third kappa shape index (κ3) is 3.96. The maximum Gasteiger partial charge on any atom is 0.299 e. The Labute approximate surface area is 185 Å². The zero-order valence-electron chi connectivity index (χ0n) is 16.8. The normalized spacial score (nSPS) is 20.3. The summed E-state index contributed by atoms with van der Waals surface area (Å²) in [6.45, 7) is -0.178. The number of rotatable bonds is 4. The maximum absolute atomic E-state index is 15.3. The number of ether oxygens (including phenoxy) is 1. The number of thiazole rings is 1. The van der Waals surface area contributed by atoms with Gasteiger partial charge in [-0.15, -0.1) is 11.3 Å². The van der Waals surface area contributed by atoms with Crippen molar-refractivity contribution in [3.8, 4) is 10.6 Å². The summed E-state index contributed by atoms with van der Waals surface area (Å²) in [5.41, 5.74) is 3.39. The number of carbonyl (C=O) groups is 1. The average Bonchev–Trinajstić information content (AvgIpc) is 3.26. The second-order valence-electron chi connectivity index (χ2n) is 7.26. The maximum atomic E-state index is 15.3. The number of pyridine rings is 1. The van der Waals surface area contributed by atoms with Gasteiger partial charge in [0, 0.05) is 28.9 Å². The first kappa shape index (κ1) is 21.9. The van der Waals surface area contributed by atoms with E-state index in [4.69, 9.17) is 10.5 Å². The van der Waals surface area contributed by atoms with Crippen LogP contribution in [0.15, 0.2) is 53.1 Å². The van der Waals surface area contributed by atoms with Crippen LogP contribution in [0, 0.1) is 5.82 Å². The van der Waals surface area contributed by atoms with E-state index in [1.807, 2.05) is 5.38 Å². The number of nitrogens with one attached hydrogen (secondary N) is 1. The molecule has 166 valence electrons. The third-order valence-electron chi connectivity index (χ3n) is 5.06. The van der Waals surface area contributed by atoms with E-state index in [0.717, 1.165) is 17.5 Å². The molecule has 7 nitrogen and oxygen atoms in total. The van der Waals surface area contributed by atoms with Crippen LogP contribution in [0.1, 0.15) is 23.0 Å². The molecule has 0 saturated carbocycles. The second kappa shape index (κ2) is 8.32. The van der Waals surface area contributed by atoms with Crippen molar-refractivity contribution in [1.29, 1.82) is 0 Å². The summed E-state index contributed by atoms with van der Waals surface area (Å²) in [5.74, 6) is -5.45. The molecule has 0 bridgehead atoms. The predicted octanol–water partition coefficient (Wildman–Crippen LogP) is 3.83. The number of amides is 1. The quantitative estimate of drug-likeness (QED) is 0.615. The van der Waals surface area contributed by atoms with Gasteiger partial charge in [0.25, 0.3) is 11.8 Å². The molecular weight excluding hydrogens is 443 g/mol. The molecule has 11 heteroatoms. The van der Waals surface area contributed by atoms with Gasteiger partial charge in [-0.05, 0) is 25.1 Å². The zero-order valence-corrected chi connectivity index (χ0v) is 17.6. The van der Waals surface area contributed by atoms with E-state index in [1.165, 1.54) is 41.8 Å². The Bertz CT molecular complexity index is 1170. The number of alkyl halides is 2. The van der Waals surface area contributed by atoms with E-state index in [0.29, 0.717) is 0 Å². The molecule has 1 aliphatic heterocycles. The van der Waals surface area contributed by atoms with Gasteiger partial charge in [-0.25, -0.2) is 18.2 Å². The van der Waals surface area contributed by atoms with E-state index in [1.54, 1.807) is 12.3 Å². The van der Waals surface area contributed by atoms with Crippen LogP contribution in [0.2, 0.25) is 0 Å². The van der Waals surface area contributed by atoms with Gasteiger partial charge in [0.2, 0.25) is 0 Å². The lowest BCUT2D eigenvalue weighted by Crippen LogP contribution is -2.45. The molecule has 0 aliphatic carbocycles. The lowest BCUT2D eigenvalue weighted by molar-refractivity contribution is -0.116. The largest absolute Gasteiger partial charge is 0.385 e. The van der Waals surface area contributed by atoms with Gasteiger partial charge < -0.3 is 15.8 Å². The fraction of sp³-hybridized carbons (Fsp3) is 0.238. The van der Waals surface area contributed by atoms with Gasteiger partial charge in [-0.2, -0.15) is 0 Å². The van der Waals surface area contributed by atoms with Crippen molar-refractivity contribution in [2.75, 3.05) is 18.5 Å². The Morgan fingerprint density at radius 3 is 2.75 bits per heavy atom. The smallest absolute Gasteiger partial charge is 0.299 e. The number of nitrogens with two attached hydrogens (primary N) is 1. The highest BCUT2D eigenvalue weighted by atomic mass is 32.1. The van der Waals surface area contributed by atoms with Crippen LogP contribution in [-0.4, -0.2) is 40.8 Å². The summed E-state index contributed by atoms with van der Waals surface area (Å²) in [7, 11) is 0. The topological polar surface area (TPSA) is 102 Å². The number of aliphatic imine (C=N–C) groups is 1. The Morgan fingerprint density at radius 2 is 2.06 bits per heavy atom. The fourth-order valence-electron chi connectivity index (χ4n) is 3.29. The summed E-state index contributed by atoms with van der Waals surface area (Å²) in [6, 6.07) is 6.94. The second-order valence-corrected chi connectivity index (χ2v) is 8.16. The SMILES string of the molecule is C[C@]1(c2cccc(NC(=O)c3ccc(-c4nccs4)cn3)c2F)N=C(N)COCC1(F)F. The molecule has 3 aromatic rings. The number of nitrogens with zero attached hydrogens (tertiary/aromatic N) is 3. The lowest BCUT2D eigenvalue weighted by atomic mass is 9.85. The molecule has 3 N–H and O–H groups in total. The average molecular weight is 461 g/mol. The van der Waals surface area contributed by atoms with E-state index in [9.17, 15) is 13.6 Å². The first-order valence-corrected chi connectivity index (χ1v) is 10.4. The number of carbonyl (C=O) groups excluding carboxylic acids is 1. The molecule has 0 spiro atoms. The number of benzene rings is 1. The van der Waals surface area contributed by atoms with E-state index >= 15 is 4.39 Å². The predicted molar refractivity (Wildman–Crippen MR) is 114 cm³/mol. The first-order chi connectivity index (χ1) is 15.2. The van der Waals surface area contributed by atoms with Gasteiger partial charge in [-0.3, -0.25) is 14.8 Å². The minimum Gasteiger partial charge on any atom is -0.385 e. The first-order valence-electron chi connectivity index (χ1n) is 9.47. The molecule has 0 unspecified atom stereocenters. The standard InChI is InChI=1S/C21H18F3N5O2S/c1-20(21(23,24)11-31-10-16(25)29-20)13-3-2-4-14(17(13)22)28-18(30)15-6-5-12(9-27-15)19-26-7-8-32-19/h2-9H,10-11H2,1H3,(H2,25,29)(H,28,30)/t20-/m1/s1. The van der Waals surface area contributed by atoms with E-state index in [2.05, 4.69) is 20.3 Å². The summed E-state index contributed by atoms with van der Waals surface area (Å²) >= 11 is 1.42. The van der Waals surface area contributed by atoms with E-state index < -0.39 is 35.4 Å². The van der Waals surface area contributed by atoms with Crippen molar-refractivity contribution < 1.29 is 22.7 Å². The Hall–Kier alpha value is -3.31. The van der Waals surface area contributed by atoms with Crippen LogP contribution in [-0.2, 0) is 10.3 Å². The van der Waals surface area contributed by atoms with Crippen LogP contribution >= 0.6 is 11.3 Å². The fourth-order valence-corrected chi connectivity index (χ4v) is 3.92. The molecule has 1 atom stereocenters. The molecule has 32 heavy (non-hydrogen) atoms. The van der Waals surface area contributed by atoms with E-state index in [-0.39, 0.29) is 23.8 Å². The number of amidine groups is 1. The molecule has 0 radical (unpaired) electrons.